The summed E-state index contributed by atoms with van der Waals surface area (Å²) in [6, 6.07) is 14.0. The average Bonchev–Trinajstić information content (AvgIpc) is 3.37. The second-order valence-corrected chi connectivity index (χ2v) is 10.1. The van der Waals surface area contributed by atoms with Crippen LogP contribution in [0.15, 0.2) is 47.9 Å². The smallest absolute Gasteiger partial charge is 0.256 e. The van der Waals surface area contributed by atoms with Crippen molar-refractivity contribution in [1.82, 2.24) is 14.8 Å². The van der Waals surface area contributed by atoms with Crippen LogP contribution in [0.2, 0.25) is 0 Å². The van der Waals surface area contributed by atoms with Gasteiger partial charge in [0.05, 0.1) is 22.9 Å². The Morgan fingerprint density at radius 2 is 1.88 bits per heavy atom. The average molecular weight is 468 g/mol. The highest BCUT2D eigenvalue weighted by Gasteiger charge is 2.30. The van der Waals surface area contributed by atoms with Gasteiger partial charge in [0.1, 0.15) is 0 Å². The largest absolute Gasteiger partial charge is 0.342 e. The van der Waals surface area contributed by atoms with E-state index in [0.29, 0.717) is 5.75 Å². The van der Waals surface area contributed by atoms with Crippen molar-refractivity contribution >= 4 is 41.4 Å². The molecule has 2 aliphatic heterocycles. The van der Waals surface area contributed by atoms with Crippen LogP contribution < -0.4 is 0 Å². The van der Waals surface area contributed by atoms with E-state index < -0.39 is 0 Å². The number of piperidine rings is 1. The Balaban J connectivity index is 1.32. The second-order valence-electron chi connectivity index (χ2n) is 8.17. The number of pyridine rings is 1. The Morgan fingerprint density at radius 3 is 2.59 bits per heavy atom. The molecule has 0 atom stereocenters. The normalized spacial score (nSPS) is 17.3. The molecule has 2 aliphatic rings. The van der Waals surface area contributed by atoms with E-state index in [1.807, 2.05) is 70.7 Å². The van der Waals surface area contributed by atoms with Crippen molar-refractivity contribution in [2.75, 3.05) is 37.0 Å². The Bertz CT molecular complexity index is 966. The summed E-state index contributed by atoms with van der Waals surface area (Å²) in [4.78, 5) is 34.3. The monoisotopic (exact) mass is 467 g/mol. The van der Waals surface area contributed by atoms with E-state index in [1.165, 1.54) is 11.8 Å². The molecule has 7 heteroatoms. The number of aryl methyl sites for hydroxylation is 1. The number of aromatic nitrogens is 1. The van der Waals surface area contributed by atoms with Crippen molar-refractivity contribution in [3.63, 3.8) is 0 Å². The zero-order chi connectivity index (χ0) is 22.3. The van der Waals surface area contributed by atoms with Gasteiger partial charge in [0.2, 0.25) is 5.91 Å². The highest BCUT2D eigenvalue weighted by atomic mass is 32.2. The molecule has 2 aromatic rings. The van der Waals surface area contributed by atoms with Gasteiger partial charge in [-0.05, 0) is 48.9 Å². The number of amides is 2. The maximum atomic E-state index is 13.0. The highest BCUT2D eigenvalue weighted by Crippen LogP contribution is 2.31. The molecule has 0 N–H and O–H groups in total. The van der Waals surface area contributed by atoms with E-state index in [1.54, 1.807) is 11.8 Å². The number of carbonyl (C=O) groups excluding carboxylic acids is 2. The molecule has 2 fully saturated rings. The fourth-order valence-corrected chi connectivity index (χ4v) is 5.74. The first-order valence-corrected chi connectivity index (χ1v) is 13.3. The summed E-state index contributed by atoms with van der Waals surface area (Å²) in [6.07, 6.45) is 3.73. The summed E-state index contributed by atoms with van der Waals surface area (Å²) in [7, 11) is 0. The molecule has 2 amide bonds. The molecule has 0 bridgehead atoms. The van der Waals surface area contributed by atoms with Crippen molar-refractivity contribution in [2.45, 2.75) is 25.7 Å². The van der Waals surface area contributed by atoms with E-state index >= 15 is 0 Å². The van der Waals surface area contributed by atoms with Crippen molar-refractivity contribution in [2.24, 2.45) is 0 Å². The molecule has 5 nitrogen and oxygen atoms in total. The lowest BCUT2D eigenvalue weighted by Gasteiger charge is -2.32. The summed E-state index contributed by atoms with van der Waals surface area (Å²) in [5, 5.41) is 1.99. The quantitative estimate of drug-likeness (QED) is 0.619. The molecule has 0 spiro atoms. The highest BCUT2D eigenvalue weighted by molar-refractivity contribution is 8.02. The molecule has 1 aromatic carbocycles. The molecule has 4 rings (SSSR count). The fourth-order valence-electron chi connectivity index (χ4n) is 4.12. The first-order valence-electron chi connectivity index (χ1n) is 11.1. The van der Waals surface area contributed by atoms with Gasteiger partial charge in [0, 0.05) is 37.0 Å². The fraction of sp³-hybridized carbons (Fsp3) is 0.400. The molecule has 0 aliphatic carbocycles. The van der Waals surface area contributed by atoms with Gasteiger partial charge < -0.3 is 9.80 Å². The van der Waals surface area contributed by atoms with Crippen molar-refractivity contribution in [3.8, 4) is 0 Å². The zero-order valence-electron chi connectivity index (χ0n) is 18.4. The summed E-state index contributed by atoms with van der Waals surface area (Å²) in [6.45, 7) is 4.22. The topological polar surface area (TPSA) is 53.5 Å². The lowest BCUT2D eigenvalue weighted by Crippen LogP contribution is -2.39. The van der Waals surface area contributed by atoms with Crippen LogP contribution >= 0.6 is 23.5 Å². The Kier molecular flexibility index (Phi) is 7.92. The van der Waals surface area contributed by atoms with Gasteiger partial charge in [0.15, 0.2) is 0 Å². The van der Waals surface area contributed by atoms with Crippen molar-refractivity contribution in [3.05, 3.63) is 70.4 Å². The van der Waals surface area contributed by atoms with E-state index in [-0.39, 0.29) is 17.7 Å². The number of hydrogen-bond acceptors (Lipinski definition) is 5. The number of rotatable bonds is 6. The van der Waals surface area contributed by atoms with Crippen molar-refractivity contribution < 1.29 is 9.59 Å². The van der Waals surface area contributed by atoms with Crippen LogP contribution in [0, 0.1) is 6.92 Å². The number of carbonyl (C=O) groups is 2. The summed E-state index contributed by atoms with van der Waals surface area (Å²) in [5.41, 5.74) is 3.73. The predicted molar refractivity (Wildman–Crippen MR) is 134 cm³/mol. The first-order chi connectivity index (χ1) is 15.6. The zero-order valence-corrected chi connectivity index (χ0v) is 20.0. The molecule has 3 heterocycles. The number of likely N-dealkylation sites (tertiary alicyclic amines) is 1. The van der Waals surface area contributed by atoms with Gasteiger partial charge >= 0.3 is 0 Å². The second kappa shape index (κ2) is 11.1. The van der Waals surface area contributed by atoms with Crippen LogP contribution in [-0.4, -0.2) is 63.6 Å². The van der Waals surface area contributed by atoms with Gasteiger partial charge in [0.25, 0.3) is 5.91 Å². The summed E-state index contributed by atoms with van der Waals surface area (Å²) < 4.78 is 0. The third-order valence-corrected chi connectivity index (χ3v) is 7.64. The number of hydrogen-bond donors (Lipinski definition) is 0. The van der Waals surface area contributed by atoms with Crippen LogP contribution in [0.25, 0.3) is 6.08 Å². The van der Waals surface area contributed by atoms with Crippen LogP contribution in [0.1, 0.15) is 46.1 Å². The van der Waals surface area contributed by atoms with Crippen LogP contribution in [0.5, 0.6) is 0 Å². The molecular weight excluding hydrogens is 438 g/mol. The minimum absolute atomic E-state index is 0.0950. The van der Waals surface area contributed by atoms with E-state index in [2.05, 4.69) is 0 Å². The van der Waals surface area contributed by atoms with E-state index in [4.69, 9.17) is 4.98 Å². The van der Waals surface area contributed by atoms with Gasteiger partial charge in [-0.15, -0.1) is 23.5 Å². The molecule has 0 saturated carbocycles. The SMILES string of the molecule is Cc1ccc(C(=O)N2CCSC2)c(C2CCN(C(=O)CS/C=C/c3ccccc3)CC2)n1. The number of nitrogens with zero attached hydrogens (tertiary/aromatic N) is 3. The van der Waals surface area contributed by atoms with Crippen LogP contribution in [0.3, 0.4) is 0 Å². The molecule has 1 aromatic heterocycles. The Labute approximate surface area is 198 Å². The Morgan fingerprint density at radius 1 is 1.09 bits per heavy atom. The predicted octanol–water partition coefficient (Wildman–Crippen LogP) is 4.65. The van der Waals surface area contributed by atoms with Crippen molar-refractivity contribution in [1.29, 1.82) is 0 Å². The van der Waals surface area contributed by atoms with E-state index in [9.17, 15) is 9.59 Å². The lowest BCUT2D eigenvalue weighted by molar-refractivity contribution is -0.129. The number of thioether (sulfide) groups is 2. The summed E-state index contributed by atoms with van der Waals surface area (Å²) >= 11 is 3.33. The van der Waals surface area contributed by atoms with Gasteiger partial charge in [-0.2, -0.15) is 0 Å². The number of benzene rings is 1. The third-order valence-electron chi connectivity index (χ3n) is 5.93. The first kappa shape index (κ1) is 22.9. The minimum atomic E-state index is 0.0950. The molecule has 0 unspecified atom stereocenters. The molecule has 32 heavy (non-hydrogen) atoms. The van der Waals surface area contributed by atoms with E-state index in [0.717, 1.165) is 66.6 Å². The third kappa shape index (κ3) is 5.75. The Hall–Kier alpha value is -2.25. The molecule has 0 radical (unpaired) electrons. The summed E-state index contributed by atoms with van der Waals surface area (Å²) in [5.74, 6) is 2.70. The lowest BCUT2D eigenvalue weighted by atomic mass is 9.89. The maximum Gasteiger partial charge on any atom is 0.256 e. The van der Waals surface area contributed by atoms with Gasteiger partial charge in [-0.25, -0.2) is 0 Å². The van der Waals surface area contributed by atoms with Crippen LogP contribution in [0.4, 0.5) is 0 Å². The maximum absolute atomic E-state index is 13.0. The van der Waals surface area contributed by atoms with Gasteiger partial charge in [-0.1, -0.05) is 30.3 Å². The molecular formula is C25H29N3O2S2. The standard InChI is InChI=1S/C25H29N3O2S2/c1-19-7-8-22(25(30)28-14-16-32-18-28)24(26-19)21-9-12-27(13-10-21)23(29)17-31-15-11-20-5-3-2-4-6-20/h2-8,11,15,21H,9-10,12-14,16-18H2,1H3/b15-11+. The minimum Gasteiger partial charge on any atom is -0.342 e. The molecule has 168 valence electrons. The van der Waals surface area contributed by atoms with Gasteiger partial charge in [-0.3, -0.25) is 14.6 Å². The molecule has 2 saturated heterocycles. The van der Waals surface area contributed by atoms with Crippen LogP contribution in [-0.2, 0) is 4.79 Å².